The van der Waals surface area contributed by atoms with Crippen LogP contribution in [0, 0.1) is 5.82 Å². The monoisotopic (exact) mass is 392 g/mol. The molecule has 0 saturated carbocycles. The first-order chi connectivity index (χ1) is 12.0. The first kappa shape index (κ1) is 17.6. The molecule has 0 spiro atoms. The van der Waals surface area contributed by atoms with Crippen LogP contribution in [-0.2, 0) is 4.79 Å². The van der Waals surface area contributed by atoms with E-state index in [4.69, 9.17) is 23.2 Å². The molecule has 3 nitrogen and oxygen atoms in total. The molecule has 0 fully saturated rings. The van der Waals surface area contributed by atoms with E-state index in [1.807, 2.05) is 11.4 Å². The van der Waals surface area contributed by atoms with Crippen LogP contribution in [0.25, 0.3) is 17.3 Å². The van der Waals surface area contributed by atoms with Crippen molar-refractivity contribution in [3.63, 3.8) is 0 Å². The van der Waals surface area contributed by atoms with E-state index < -0.39 is 0 Å². The number of carbonyl (C=O) groups is 1. The van der Waals surface area contributed by atoms with Crippen LogP contribution < -0.4 is 5.32 Å². The molecule has 1 heterocycles. The number of thiazole rings is 1. The van der Waals surface area contributed by atoms with Crippen molar-refractivity contribution in [3.8, 4) is 11.3 Å². The van der Waals surface area contributed by atoms with Crippen LogP contribution in [0.3, 0.4) is 0 Å². The van der Waals surface area contributed by atoms with Gasteiger partial charge < -0.3 is 0 Å². The maximum atomic E-state index is 12.8. The summed E-state index contributed by atoms with van der Waals surface area (Å²) in [6.07, 6.45) is 2.97. The van der Waals surface area contributed by atoms with Gasteiger partial charge in [0.1, 0.15) is 5.82 Å². The largest absolute Gasteiger partial charge is 0.298 e. The van der Waals surface area contributed by atoms with E-state index in [9.17, 15) is 9.18 Å². The van der Waals surface area contributed by atoms with Gasteiger partial charge in [-0.3, -0.25) is 10.1 Å². The van der Waals surface area contributed by atoms with Crippen LogP contribution in [0.5, 0.6) is 0 Å². The fraction of sp³-hybridized carbons (Fsp3) is 0. The normalized spacial score (nSPS) is 11.0. The third kappa shape index (κ3) is 4.66. The summed E-state index contributed by atoms with van der Waals surface area (Å²) in [4.78, 5) is 16.3. The molecule has 0 bridgehead atoms. The van der Waals surface area contributed by atoms with E-state index in [2.05, 4.69) is 10.3 Å². The Morgan fingerprint density at radius 2 is 1.88 bits per heavy atom. The molecule has 1 amide bonds. The van der Waals surface area contributed by atoms with Crippen LogP contribution in [0.15, 0.2) is 53.9 Å². The third-order valence-electron chi connectivity index (χ3n) is 3.25. The molecule has 1 N–H and O–H groups in total. The number of carbonyl (C=O) groups excluding carboxylic acids is 1. The summed E-state index contributed by atoms with van der Waals surface area (Å²) in [5, 5.41) is 5.89. The highest BCUT2D eigenvalue weighted by Crippen LogP contribution is 2.30. The molecule has 0 radical (unpaired) electrons. The molecule has 7 heteroatoms. The van der Waals surface area contributed by atoms with Gasteiger partial charge >= 0.3 is 0 Å². The van der Waals surface area contributed by atoms with Gasteiger partial charge in [0, 0.05) is 17.0 Å². The highest BCUT2D eigenvalue weighted by atomic mass is 35.5. The fourth-order valence-electron chi connectivity index (χ4n) is 2.01. The molecule has 0 atom stereocenters. The number of hydrogen-bond donors (Lipinski definition) is 1. The van der Waals surface area contributed by atoms with Crippen molar-refractivity contribution < 1.29 is 9.18 Å². The molecular formula is C18H11Cl2FN2OS. The zero-order valence-electron chi connectivity index (χ0n) is 12.7. The zero-order valence-corrected chi connectivity index (χ0v) is 15.0. The molecule has 25 heavy (non-hydrogen) atoms. The van der Waals surface area contributed by atoms with E-state index in [1.54, 1.807) is 30.3 Å². The van der Waals surface area contributed by atoms with Crippen molar-refractivity contribution in [2.75, 3.05) is 5.32 Å². The van der Waals surface area contributed by atoms with E-state index in [-0.39, 0.29) is 11.7 Å². The van der Waals surface area contributed by atoms with Crippen LogP contribution in [0.2, 0.25) is 10.0 Å². The van der Waals surface area contributed by atoms with Gasteiger partial charge in [-0.25, -0.2) is 9.37 Å². The molecule has 0 aliphatic carbocycles. The Bertz CT molecular complexity index is 939. The number of nitrogens with zero attached hydrogens (tertiary/aromatic N) is 1. The summed E-state index contributed by atoms with van der Waals surface area (Å²) < 4.78 is 12.8. The van der Waals surface area contributed by atoms with Crippen LogP contribution >= 0.6 is 34.5 Å². The van der Waals surface area contributed by atoms with Crippen molar-refractivity contribution in [1.29, 1.82) is 0 Å². The van der Waals surface area contributed by atoms with Crippen molar-refractivity contribution in [2.24, 2.45) is 0 Å². The predicted molar refractivity (Wildman–Crippen MR) is 102 cm³/mol. The highest BCUT2D eigenvalue weighted by molar-refractivity contribution is 7.14. The molecule has 0 aliphatic rings. The van der Waals surface area contributed by atoms with Gasteiger partial charge in [0.15, 0.2) is 5.13 Å². The maximum absolute atomic E-state index is 12.8. The number of hydrogen-bond acceptors (Lipinski definition) is 3. The Balaban J connectivity index is 1.67. The Hall–Kier alpha value is -2.21. The summed E-state index contributed by atoms with van der Waals surface area (Å²) in [5.74, 6) is -0.640. The topological polar surface area (TPSA) is 42.0 Å². The average Bonchev–Trinajstić information content (AvgIpc) is 3.05. The molecule has 3 aromatic rings. The minimum atomic E-state index is -0.320. The number of rotatable bonds is 4. The van der Waals surface area contributed by atoms with E-state index in [0.29, 0.717) is 20.9 Å². The first-order valence-corrected chi connectivity index (χ1v) is 8.80. The van der Waals surface area contributed by atoms with E-state index in [0.717, 1.165) is 11.1 Å². The number of anilines is 1. The SMILES string of the molecule is O=C(C=Cc1ccc(F)cc1)Nc1nc(-c2ccc(Cl)c(Cl)c2)cs1. The van der Waals surface area contributed by atoms with E-state index >= 15 is 0 Å². The summed E-state index contributed by atoms with van der Waals surface area (Å²) in [5.41, 5.74) is 2.24. The summed E-state index contributed by atoms with van der Waals surface area (Å²) in [6, 6.07) is 11.1. The lowest BCUT2D eigenvalue weighted by Crippen LogP contribution is -2.07. The number of halogens is 3. The lowest BCUT2D eigenvalue weighted by atomic mass is 10.2. The van der Waals surface area contributed by atoms with Crippen molar-refractivity contribution in [1.82, 2.24) is 4.98 Å². The van der Waals surface area contributed by atoms with Gasteiger partial charge in [-0.1, -0.05) is 41.4 Å². The molecule has 0 saturated heterocycles. The van der Waals surface area contributed by atoms with Gasteiger partial charge in [0.25, 0.3) is 0 Å². The van der Waals surface area contributed by atoms with Gasteiger partial charge in [-0.2, -0.15) is 0 Å². The molecule has 126 valence electrons. The molecular weight excluding hydrogens is 382 g/mol. The standard InChI is InChI=1S/C18H11Cl2FN2OS/c19-14-7-4-12(9-15(14)20)16-10-25-18(22-16)23-17(24)8-3-11-1-5-13(21)6-2-11/h1-10H,(H,22,23,24). The Morgan fingerprint density at radius 1 is 1.12 bits per heavy atom. The molecule has 1 aromatic heterocycles. The number of nitrogens with one attached hydrogen (secondary N) is 1. The van der Waals surface area contributed by atoms with Gasteiger partial charge in [0.2, 0.25) is 5.91 Å². The smallest absolute Gasteiger partial charge is 0.250 e. The second-order valence-electron chi connectivity index (χ2n) is 5.04. The number of benzene rings is 2. The van der Waals surface area contributed by atoms with Crippen LogP contribution in [0.4, 0.5) is 9.52 Å². The van der Waals surface area contributed by atoms with E-state index in [1.165, 1.54) is 29.5 Å². The predicted octanol–water partition coefficient (Wildman–Crippen LogP) is 5.91. The summed E-state index contributed by atoms with van der Waals surface area (Å²) in [7, 11) is 0. The Labute approximate surface area is 157 Å². The second-order valence-corrected chi connectivity index (χ2v) is 6.71. The lowest BCUT2D eigenvalue weighted by Gasteiger charge is -2.00. The van der Waals surface area contributed by atoms with Gasteiger partial charge in [-0.15, -0.1) is 11.3 Å². The second kappa shape index (κ2) is 7.78. The first-order valence-electron chi connectivity index (χ1n) is 7.17. The van der Waals surface area contributed by atoms with Crippen molar-refractivity contribution in [3.05, 3.63) is 75.3 Å². The minimum absolute atomic E-state index is 0.320. The molecule has 2 aromatic carbocycles. The van der Waals surface area contributed by atoms with Crippen LogP contribution in [0.1, 0.15) is 5.56 Å². The number of aromatic nitrogens is 1. The zero-order chi connectivity index (χ0) is 17.8. The molecule has 3 rings (SSSR count). The summed E-state index contributed by atoms with van der Waals surface area (Å²) >= 11 is 13.2. The van der Waals surface area contributed by atoms with Crippen molar-refractivity contribution >= 4 is 51.7 Å². The van der Waals surface area contributed by atoms with Crippen molar-refractivity contribution in [2.45, 2.75) is 0 Å². The lowest BCUT2D eigenvalue weighted by molar-refractivity contribution is -0.111. The average molecular weight is 393 g/mol. The quantitative estimate of drug-likeness (QED) is 0.560. The van der Waals surface area contributed by atoms with Gasteiger partial charge in [-0.05, 0) is 35.9 Å². The highest BCUT2D eigenvalue weighted by Gasteiger charge is 2.08. The van der Waals surface area contributed by atoms with Gasteiger partial charge in [0.05, 0.1) is 15.7 Å². The maximum Gasteiger partial charge on any atom is 0.250 e. The number of amides is 1. The minimum Gasteiger partial charge on any atom is -0.298 e. The fourth-order valence-corrected chi connectivity index (χ4v) is 3.03. The third-order valence-corrected chi connectivity index (χ3v) is 4.74. The Morgan fingerprint density at radius 3 is 2.60 bits per heavy atom. The van der Waals surface area contributed by atoms with Crippen LogP contribution in [-0.4, -0.2) is 10.9 Å². The molecule has 0 unspecified atom stereocenters. The summed E-state index contributed by atoms with van der Waals surface area (Å²) in [6.45, 7) is 0. The Kier molecular flexibility index (Phi) is 5.48. The molecule has 0 aliphatic heterocycles.